The van der Waals surface area contributed by atoms with E-state index in [2.05, 4.69) is 400 Å². The molecule has 0 fully saturated rings. The van der Waals surface area contributed by atoms with Gasteiger partial charge in [0, 0.05) is 32.3 Å². The number of hydrogen-bond donors (Lipinski definition) is 0. The monoisotopic (exact) mass is 1520 g/mol. The van der Waals surface area contributed by atoms with E-state index in [1.807, 2.05) is 36.4 Å². The topological polar surface area (TPSA) is 60.9 Å². The summed E-state index contributed by atoms with van der Waals surface area (Å²) < 4.78 is 14.4. The predicted octanol–water partition coefficient (Wildman–Crippen LogP) is 24.1. The van der Waals surface area contributed by atoms with Gasteiger partial charge in [0.1, 0.15) is 17.2 Å². The maximum Gasteiger partial charge on any atom is 0.210 e. The summed E-state index contributed by atoms with van der Waals surface area (Å²) >= 11 is 0. The Hall–Kier alpha value is -14.4. The molecule has 8 heteroatoms. The van der Waals surface area contributed by atoms with Crippen LogP contribution in [0, 0.1) is 17.9 Å². The Balaban J connectivity index is 0.844. The molecule has 116 heavy (non-hydrogen) atoms. The normalized spacial score (nSPS) is 11.9. The second-order valence-corrected chi connectivity index (χ2v) is 38.7. The van der Waals surface area contributed by atoms with Crippen molar-refractivity contribution in [3.05, 3.63) is 416 Å². The molecule has 0 aliphatic heterocycles. The first-order valence-corrected chi connectivity index (χ1v) is 43.9. The van der Waals surface area contributed by atoms with Crippen molar-refractivity contribution in [1.29, 1.82) is 5.26 Å². The molecular formula is C108H78N4O2Si2. The zero-order valence-corrected chi connectivity index (χ0v) is 66.7. The van der Waals surface area contributed by atoms with Gasteiger partial charge in [0.25, 0.3) is 0 Å². The third kappa shape index (κ3) is 11.4. The van der Waals surface area contributed by atoms with E-state index in [1.54, 1.807) is 0 Å². The highest BCUT2D eigenvalue weighted by Crippen LogP contribution is 2.55. The van der Waals surface area contributed by atoms with E-state index in [0.717, 1.165) is 127 Å². The zero-order valence-electron chi connectivity index (χ0n) is 64.7. The first kappa shape index (κ1) is 70.7. The summed E-state index contributed by atoms with van der Waals surface area (Å²) in [5, 5.41) is 32.5. The number of hydrogen-bond acceptors (Lipinski definition) is 5. The van der Waals surface area contributed by atoms with Gasteiger partial charge in [-0.3, -0.25) is 0 Å². The van der Waals surface area contributed by atoms with Gasteiger partial charge in [-0.2, -0.15) is 5.26 Å². The highest BCUT2D eigenvalue weighted by atomic mass is 28.3. The second kappa shape index (κ2) is 29.0. The van der Waals surface area contributed by atoms with Crippen LogP contribution in [0.25, 0.3) is 103 Å². The number of nitriles is 1. The minimum atomic E-state index is -2.99. The van der Waals surface area contributed by atoms with Gasteiger partial charge in [-0.15, -0.1) is 0 Å². The molecule has 0 unspecified atom stereocenters. The van der Waals surface area contributed by atoms with Gasteiger partial charge in [0.2, 0.25) is 5.69 Å². The maximum absolute atomic E-state index is 11.9. The number of furan rings is 2. The molecule has 0 saturated carbocycles. The number of para-hydroxylation sites is 4. The first-order chi connectivity index (χ1) is 57.1. The van der Waals surface area contributed by atoms with Gasteiger partial charge in [0.15, 0.2) is 27.3 Å². The van der Waals surface area contributed by atoms with Crippen molar-refractivity contribution in [3.8, 4) is 28.3 Å². The lowest BCUT2D eigenvalue weighted by Crippen LogP contribution is -2.74. The van der Waals surface area contributed by atoms with E-state index in [1.165, 1.54) is 41.5 Å². The van der Waals surface area contributed by atoms with Gasteiger partial charge < -0.3 is 18.6 Å². The molecule has 0 N–H and O–H groups in total. The van der Waals surface area contributed by atoms with E-state index in [-0.39, 0.29) is 11.8 Å². The molecule has 20 rings (SSSR count). The molecular weight excluding hydrogens is 1440 g/mol. The molecule has 2 heterocycles. The lowest BCUT2D eigenvalue weighted by atomic mass is 9.84. The summed E-state index contributed by atoms with van der Waals surface area (Å²) in [6.45, 7) is 18.5. The van der Waals surface area contributed by atoms with Crippen LogP contribution in [-0.4, -0.2) is 16.1 Å². The highest BCUT2D eigenvalue weighted by molar-refractivity contribution is 7.20. The largest absolute Gasteiger partial charge is 0.454 e. The fourth-order valence-electron chi connectivity index (χ4n) is 18.9. The molecule has 6 nitrogen and oxygen atoms in total. The van der Waals surface area contributed by atoms with E-state index in [0.29, 0.717) is 28.1 Å². The molecule has 0 atom stereocenters. The van der Waals surface area contributed by atoms with Crippen LogP contribution in [0.4, 0.5) is 39.8 Å². The highest BCUT2D eigenvalue weighted by Gasteiger charge is 2.44. The van der Waals surface area contributed by atoms with Gasteiger partial charge in [-0.25, -0.2) is 4.85 Å². The lowest BCUT2D eigenvalue weighted by molar-refractivity contribution is 0.668. The van der Waals surface area contributed by atoms with Crippen LogP contribution in [0.1, 0.15) is 56.2 Å². The van der Waals surface area contributed by atoms with E-state index >= 15 is 0 Å². The van der Waals surface area contributed by atoms with E-state index in [4.69, 9.17) is 8.83 Å². The minimum absolute atomic E-state index is 0.0320. The zero-order chi connectivity index (χ0) is 78.2. The predicted molar refractivity (Wildman–Crippen MR) is 491 cm³/mol. The quantitative estimate of drug-likeness (QED) is 0.0371. The molecule has 2 aromatic heterocycles. The average Bonchev–Trinajstić information content (AvgIpc) is 0.726. The number of anilines is 6. The van der Waals surface area contributed by atoms with Crippen LogP contribution in [-0.2, 0) is 0 Å². The number of nitrogens with zero attached hydrogens (tertiary/aromatic N) is 4. The number of rotatable bonds is 18. The van der Waals surface area contributed by atoms with Crippen molar-refractivity contribution in [1.82, 2.24) is 0 Å². The fraction of sp³-hybridized carbons (Fsp3) is 0.0556. The Bertz CT molecular complexity index is 6620. The fourth-order valence-corrected chi connectivity index (χ4v) is 28.5. The molecule has 550 valence electrons. The summed E-state index contributed by atoms with van der Waals surface area (Å²) in [5.41, 5.74) is 15.1. The standard InChI is InChI=1S/C108H78N4O2Si2/c1-71(2)94-68-100(111(97-52-30-50-90-86-48-24-26-54-103(86)113-107(90)97)99-66-75(56-57-77(99)70-109)73-32-28-46-84(64-73)115(78-34-12-6-13-35-78,79-36-14-7-15-37-79)80-38-16-8-17-39-80)92-61-59-89-95(72(3)4)69-101(93-62-60-88(94)105(92)106(89)93)112(98-53-31-51-91-87-49-25-27-55-104(87)114-108(91)98)102-67-76(58-63-96(102)110-5)74-33-29-47-85(65-74)116(81-40-18-9-19-41-81,82-42-20-10-21-43-82)83-44-22-11-23-45-83/h6-69,71-72H,1-4H3. The Morgan fingerprint density at radius 1 is 0.284 bits per heavy atom. The van der Waals surface area contributed by atoms with Crippen LogP contribution in [0.2, 0.25) is 0 Å². The maximum atomic E-state index is 11.9. The van der Waals surface area contributed by atoms with Crippen molar-refractivity contribution >= 4 is 174 Å². The molecule has 18 aromatic carbocycles. The van der Waals surface area contributed by atoms with Gasteiger partial charge in [-0.1, -0.05) is 361 Å². The first-order valence-electron chi connectivity index (χ1n) is 39.9. The van der Waals surface area contributed by atoms with Gasteiger partial charge in [0.05, 0.1) is 46.3 Å². The summed E-state index contributed by atoms with van der Waals surface area (Å²) in [6, 6.07) is 144. The molecule has 0 amide bonds. The third-order valence-corrected chi connectivity index (χ3v) is 33.6. The minimum Gasteiger partial charge on any atom is -0.454 e. The van der Waals surface area contributed by atoms with E-state index < -0.39 is 16.1 Å². The van der Waals surface area contributed by atoms with E-state index in [9.17, 15) is 11.8 Å². The van der Waals surface area contributed by atoms with Gasteiger partial charge >= 0.3 is 0 Å². The molecule has 0 saturated heterocycles. The molecule has 0 spiro atoms. The second-order valence-electron chi connectivity index (χ2n) is 31.0. The van der Waals surface area contributed by atoms with Crippen LogP contribution < -0.4 is 51.3 Å². The summed E-state index contributed by atoms with van der Waals surface area (Å²) in [5.74, 6) is 0.0657. The van der Waals surface area contributed by atoms with Crippen molar-refractivity contribution in [2.24, 2.45) is 0 Å². The third-order valence-electron chi connectivity index (χ3n) is 24.1. The smallest absolute Gasteiger partial charge is 0.210 e. The number of fused-ring (bicyclic) bond motifs is 6. The number of benzene rings is 18. The Labute approximate surface area is 677 Å². The SMILES string of the molecule is [C-]#[N+]c1ccc(-c2cccc([Si](c3ccccc3)(c3ccccc3)c3ccccc3)c2)cc1N(c1cc(C(C)C)c2ccc3c(N(c4cc(-c5cccc([Si](c6ccccc6)(c6ccccc6)c6ccccc6)c5)ccc4C#N)c4cccc5c4oc4ccccc45)cc(C(C)C)c4ccc1c2c43)c1cccc2c1oc1ccccc12. The summed E-state index contributed by atoms with van der Waals surface area (Å²) in [4.78, 5) is 9.16. The summed E-state index contributed by atoms with van der Waals surface area (Å²) in [7, 11) is -5.97. The van der Waals surface area contributed by atoms with Crippen LogP contribution in [0.5, 0.6) is 0 Å². The Morgan fingerprint density at radius 3 is 1.00 bits per heavy atom. The summed E-state index contributed by atoms with van der Waals surface area (Å²) in [6.07, 6.45) is 0. The van der Waals surface area contributed by atoms with Crippen molar-refractivity contribution in [2.45, 2.75) is 39.5 Å². The average molecular weight is 1520 g/mol. The van der Waals surface area contributed by atoms with Crippen molar-refractivity contribution < 1.29 is 8.83 Å². The molecule has 0 aliphatic carbocycles. The molecule has 0 aliphatic rings. The van der Waals surface area contributed by atoms with Gasteiger partial charge in [-0.05, 0) is 163 Å². The molecule has 20 aromatic rings. The molecule has 0 bridgehead atoms. The van der Waals surface area contributed by atoms with Crippen LogP contribution in [0.3, 0.4) is 0 Å². The lowest BCUT2D eigenvalue weighted by Gasteiger charge is -2.34. The van der Waals surface area contributed by atoms with Crippen molar-refractivity contribution in [3.63, 3.8) is 0 Å². The van der Waals surface area contributed by atoms with Crippen LogP contribution >= 0.6 is 0 Å². The Morgan fingerprint density at radius 2 is 0.612 bits per heavy atom. The van der Waals surface area contributed by atoms with Crippen LogP contribution in [0.15, 0.2) is 397 Å². The molecule has 0 radical (unpaired) electrons. The Kier molecular flexibility index (Phi) is 17.7. The van der Waals surface area contributed by atoms with Crippen molar-refractivity contribution in [2.75, 3.05) is 9.80 Å².